The van der Waals surface area contributed by atoms with Crippen LogP contribution in [0.5, 0.6) is 0 Å². The summed E-state index contributed by atoms with van der Waals surface area (Å²) in [5.74, 6) is 0.351. The van der Waals surface area contributed by atoms with E-state index in [9.17, 15) is 5.11 Å². The molecule has 0 amide bonds. The number of pyridine rings is 1. The lowest BCUT2D eigenvalue weighted by Gasteiger charge is -2.22. The minimum Gasteiger partial charge on any atom is -0.398 e. The number of hydrogen-bond acceptors (Lipinski definition) is 4. The Labute approximate surface area is 112 Å². The highest BCUT2D eigenvalue weighted by atomic mass is 16.3. The normalized spacial score (nSPS) is 20.9. The molecule has 2 heterocycles. The van der Waals surface area contributed by atoms with Crippen LogP contribution in [0.1, 0.15) is 13.3 Å². The highest BCUT2D eigenvalue weighted by Gasteiger charge is 2.27. The summed E-state index contributed by atoms with van der Waals surface area (Å²) in [4.78, 5) is 6.53. The number of nitrogens with two attached hydrogens (primary N) is 1. The molecule has 0 bridgehead atoms. The fourth-order valence-corrected chi connectivity index (χ4v) is 2.87. The van der Waals surface area contributed by atoms with Gasteiger partial charge in [0.15, 0.2) is 0 Å². The fraction of sp³-hybridized carbons (Fsp3) is 0.400. The lowest BCUT2D eigenvalue weighted by Crippen LogP contribution is -2.24. The topological polar surface area (TPSA) is 62.4 Å². The largest absolute Gasteiger partial charge is 0.398 e. The minimum absolute atomic E-state index is 0.247. The monoisotopic (exact) mass is 257 g/mol. The van der Waals surface area contributed by atoms with Gasteiger partial charge >= 0.3 is 0 Å². The van der Waals surface area contributed by atoms with E-state index < -0.39 is 0 Å². The second kappa shape index (κ2) is 4.70. The third-order valence-electron chi connectivity index (χ3n) is 4.08. The quantitative estimate of drug-likeness (QED) is 0.808. The van der Waals surface area contributed by atoms with Crippen molar-refractivity contribution in [3.8, 4) is 0 Å². The van der Waals surface area contributed by atoms with E-state index in [-0.39, 0.29) is 6.10 Å². The second-order valence-corrected chi connectivity index (χ2v) is 5.33. The first-order valence-electron chi connectivity index (χ1n) is 6.72. The molecule has 4 nitrogen and oxygen atoms in total. The van der Waals surface area contributed by atoms with E-state index in [1.807, 2.05) is 25.3 Å². The van der Waals surface area contributed by atoms with Crippen molar-refractivity contribution in [1.29, 1.82) is 0 Å². The molecule has 4 heteroatoms. The molecule has 1 saturated heterocycles. The molecule has 0 radical (unpaired) electrons. The standard InChI is InChI=1S/C15H19N3O/c1-10(19)11-5-7-18(9-11)15-3-2-14(16)12-4-6-17-8-13(12)15/h2-4,6,8,10-11,19H,5,7,9,16H2,1H3. The lowest BCUT2D eigenvalue weighted by atomic mass is 10.0. The van der Waals surface area contributed by atoms with Crippen molar-refractivity contribution in [1.82, 2.24) is 4.98 Å². The van der Waals surface area contributed by atoms with E-state index in [2.05, 4.69) is 16.0 Å². The molecule has 1 aromatic heterocycles. The number of nitrogen functional groups attached to an aromatic ring is 1. The summed E-state index contributed by atoms with van der Waals surface area (Å²) in [6.45, 7) is 3.74. The number of aliphatic hydroxyl groups is 1. The molecule has 2 unspecified atom stereocenters. The van der Waals surface area contributed by atoms with Crippen molar-refractivity contribution in [2.24, 2.45) is 5.92 Å². The Morgan fingerprint density at radius 1 is 1.37 bits per heavy atom. The second-order valence-electron chi connectivity index (χ2n) is 5.33. The van der Waals surface area contributed by atoms with Crippen molar-refractivity contribution < 1.29 is 5.11 Å². The molecular weight excluding hydrogens is 238 g/mol. The van der Waals surface area contributed by atoms with Crippen LogP contribution in [0.25, 0.3) is 10.8 Å². The number of rotatable bonds is 2. The third kappa shape index (κ3) is 2.12. The Balaban J connectivity index is 2.00. The Hall–Kier alpha value is -1.81. The van der Waals surface area contributed by atoms with Crippen molar-refractivity contribution >= 4 is 22.1 Å². The first kappa shape index (κ1) is 12.2. The number of anilines is 2. The molecule has 100 valence electrons. The molecule has 1 fully saturated rings. The van der Waals surface area contributed by atoms with Crippen molar-refractivity contribution in [3.05, 3.63) is 30.6 Å². The number of benzene rings is 1. The highest BCUT2D eigenvalue weighted by Crippen LogP contribution is 2.33. The van der Waals surface area contributed by atoms with Crippen molar-refractivity contribution in [2.45, 2.75) is 19.4 Å². The summed E-state index contributed by atoms with van der Waals surface area (Å²) in [5, 5.41) is 11.9. The van der Waals surface area contributed by atoms with E-state index in [4.69, 9.17) is 5.73 Å². The van der Waals surface area contributed by atoms with Gasteiger partial charge in [-0.15, -0.1) is 0 Å². The van der Waals surface area contributed by atoms with Crippen LogP contribution in [0.3, 0.4) is 0 Å². The predicted octanol–water partition coefficient (Wildman–Crippen LogP) is 2.02. The van der Waals surface area contributed by atoms with E-state index in [0.29, 0.717) is 5.92 Å². The predicted molar refractivity (Wildman–Crippen MR) is 78.2 cm³/mol. The Bertz CT molecular complexity index is 597. The number of aliphatic hydroxyl groups excluding tert-OH is 1. The number of hydrogen-bond donors (Lipinski definition) is 2. The smallest absolute Gasteiger partial charge is 0.0557 e. The maximum absolute atomic E-state index is 9.72. The van der Waals surface area contributed by atoms with Gasteiger partial charge in [0.1, 0.15) is 0 Å². The molecule has 0 saturated carbocycles. The Morgan fingerprint density at radius 2 is 2.21 bits per heavy atom. The summed E-state index contributed by atoms with van der Waals surface area (Å²) in [6, 6.07) is 5.97. The van der Waals surface area contributed by atoms with E-state index in [0.717, 1.165) is 36.0 Å². The van der Waals surface area contributed by atoms with Gasteiger partial charge in [0.05, 0.1) is 6.10 Å². The first-order valence-corrected chi connectivity index (χ1v) is 6.72. The summed E-state index contributed by atoms with van der Waals surface area (Å²) in [7, 11) is 0. The average molecular weight is 257 g/mol. The van der Waals surface area contributed by atoms with Gasteiger partial charge in [-0.2, -0.15) is 0 Å². The highest BCUT2D eigenvalue weighted by molar-refractivity contribution is 6.00. The van der Waals surface area contributed by atoms with E-state index >= 15 is 0 Å². The summed E-state index contributed by atoms with van der Waals surface area (Å²) >= 11 is 0. The zero-order chi connectivity index (χ0) is 13.4. The van der Waals surface area contributed by atoms with Gasteiger partial charge in [-0.05, 0) is 31.5 Å². The van der Waals surface area contributed by atoms with Gasteiger partial charge < -0.3 is 15.7 Å². The van der Waals surface area contributed by atoms with Crippen LogP contribution >= 0.6 is 0 Å². The van der Waals surface area contributed by atoms with Gasteiger partial charge in [0.2, 0.25) is 0 Å². The zero-order valence-corrected chi connectivity index (χ0v) is 11.1. The van der Waals surface area contributed by atoms with Crippen LogP contribution in [0.15, 0.2) is 30.6 Å². The number of aromatic nitrogens is 1. The summed E-state index contributed by atoms with van der Waals surface area (Å²) < 4.78 is 0. The van der Waals surface area contributed by atoms with E-state index in [1.54, 1.807) is 6.20 Å². The Kier molecular flexibility index (Phi) is 3.03. The summed E-state index contributed by atoms with van der Waals surface area (Å²) in [6.07, 6.45) is 4.43. The van der Waals surface area contributed by atoms with Gasteiger partial charge in [-0.1, -0.05) is 0 Å². The molecule has 0 spiro atoms. The van der Waals surface area contributed by atoms with Crippen LogP contribution in [-0.2, 0) is 0 Å². The fourth-order valence-electron chi connectivity index (χ4n) is 2.87. The van der Waals surface area contributed by atoms with Crippen LogP contribution in [0, 0.1) is 5.92 Å². The zero-order valence-electron chi connectivity index (χ0n) is 11.1. The van der Waals surface area contributed by atoms with Crippen LogP contribution in [0.2, 0.25) is 0 Å². The maximum atomic E-state index is 9.72. The molecule has 19 heavy (non-hydrogen) atoms. The van der Waals surface area contributed by atoms with Gasteiger partial charge in [-0.25, -0.2) is 0 Å². The van der Waals surface area contributed by atoms with Gasteiger partial charge in [0.25, 0.3) is 0 Å². The van der Waals surface area contributed by atoms with Crippen LogP contribution < -0.4 is 10.6 Å². The van der Waals surface area contributed by atoms with E-state index in [1.165, 1.54) is 5.69 Å². The average Bonchev–Trinajstić information content (AvgIpc) is 2.89. The lowest BCUT2D eigenvalue weighted by molar-refractivity contribution is 0.136. The molecule has 2 aromatic rings. The molecule has 1 aliphatic heterocycles. The molecule has 1 aromatic carbocycles. The molecule has 1 aliphatic rings. The van der Waals surface area contributed by atoms with Gasteiger partial charge in [0, 0.05) is 53.5 Å². The van der Waals surface area contributed by atoms with Crippen molar-refractivity contribution in [3.63, 3.8) is 0 Å². The SMILES string of the molecule is CC(O)C1CCN(c2ccc(N)c3ccncc23)C1. The molecule has 3 rings (SSSR count). The summed E-state index contributed by atoms with van der Waals surface area (Å²) in [5.41, 5.74) is 7.96. The van der Waals surface area contributed by atoms with Crippen molar-refractivity contribution in [2.75, 3.05) is 23.7 Å². The molecule has 3 N–H and O–H groups in total. The maximum Gasteiger partial charge on any atom is 0.0557 e. The van der Waals surface area contributed by atoms with Crippen LogP contribution in [0.4, 0.5) is 11.4 Å². The minimum atomic E-state index is -0.247. The molecule has 0 aliphatic carbocycles. The first-order chi connectivity index (χ1) is 9.16. The number of fused-ring (bicyclic) bond motifs is 1. The number of nitrogens with zero attached hydrogens (tertiary/aromatic N) is 2. The van der Waals surface area contributed by atoms with Crippen LogP contribution in [-0.4, -0.2) is 29.3 Å². The van der Waals surface area contributed by atoms with Gasteiger partial charge in [-0.3, -0.25) is 4.98 Å². The molecule has 2 atom stereocenters. The Morgan fingerprint density at radius 3 is 2.95 bits per heavy atom. The third-order valence-corrected chi connectivity index (χ3v) is 4.08. The molecular formula is C15H19N3O.